The molecule has 1 aliphatic rings. The molecule has 0 radical (unpaired) electrons. The van der Waals surface area contributed by atoms with Crippen LogP contribution in [0, 0.1) is 0 Å². The zero-order valence-electron chi connectivity index (χ0n) is 9.89. The van der Waals surface area contributed by atoms with Gasteiger partial charge in [0.1, 0.15) is 5.76 Å². The number of piperidine rings is 1. The number of nitrogens with zero attached hydrogens (tertiary/aromatic N) is 1. The second-order valence-electron chi connectivity index (χ2n) is 4.29. The molecule has 5 heteroatoms. The highest BCUT2D eigenvalue weighted by Gasteiger charge is 2.19. The maximum atomic E-state index is 11.2. The van der Waals surface area contributed by atoms with Crippen molar-refractivity contribution < 1.29 is 19.1 Å². The lowest BCUT2D eigenvalue weighted by atomic mass is 10.1. The van der Waals surface area contributed by atoms with Gasteiger partial charge < -0.3 is 14.3 Å². The third-order valence-electron chi connectivity index (χ3n) is 2.91. The molecule has 1 aromatic heterocycles. The molecule has 1 atom stereocenters. The van der Waals surface area contributed by atoms with Crippen molar-refractivity contribution in [1.29, 1.82) is 0 Å². The van der Waals surface area contributed by atoms with E-state index >= 15 is 0 Å². The average Bonchev–Trinajstić information content (AvgIpc) is 2.76. The third kappa shape index (κ3) is 3.08. The Kier molecular flexibility index (Phi) is 3.81. The van der Waals surface area contributed by atoms with Gasteiger partial charge in [-0.05, 0) is 31.5 Å². The molecule has 5 nitrogen and oxygen atoms in total. The maximum absolute atomic E-state index is 11.2. The van der Waals surface area contributed by atoms with Gasteiger partial charge in [-0.2, -0.15) is 0 Å². The third-order valence-corrected chi connectivity index (χ3v) is 2.91. The predicted molar refractivity (Wildman–Crippen MR) is 60.6 cm³/mol. The predicted octanol–water partition coefficient (Wildman–Crippen LogP) is 1.02. The lowest BCUT2D eigenvalue weighted by molar-refractivity contribution is 0.0539. The highest BCUT2D eigenvalue weighted by molar-refractivity contribution is 5.86. The second-order valence-corrected chi connectivity index (χ2v) is 4.29. The molecule has 2 rings (SSSR count). The van der Waals surface area contributed by atoms with Crippen LogP contribution in [-0.2, 0) is 11.3 Å². The minimum absolute atomic E-state index is 0.222. The standard InChI is InChI=1S/C12H17NO4/c1-16-12(15)11-5-4-10(17-11)8-13-6-2-3-9(14)7-13/h4-5,9,14H,2-3,6-8H2,1H3/t9-/m0/s1. The van der Waals surface area contributed by atoms with E-state index in [2.05, 4.69) is 9.64 Å². The quantitative estimate of drug-likeness (QED) is 0.798. The van der Waals surface area contributed by atoms with Gasteiger partial charge in [-0.3, -0.25) is 4.90 Å². The van der Waals surface area contributed by atoms with E-state index in [-0.39, 0.29) is 11.9 Å². The van der Waals surface area contributed by atoms with Gasteiger partial charge in [-0.15, -0.1) is 0 Å². The second kappa shape index (κ2) is 5.33. The first kappa shape index (κ1) is 12.1. The van der Waals surface area contributed by atoms with Crippen molar-refractivity contribution in [2.75, 3.05) is 20.2 Å². The molecule has 1 fully saturated rings. The lowest BCUT2D eigenvalue weighted by Gasteiger charge is -2.29. The Morgan fingerprint density at radius 3 is 3.18 bits per heavy atom. The van der Waals surface area contributed by atoms with Gasteiger partial charge in [-0.1, -0.05) is 0 Å². The van der Waals surface area contributed by atoms with Crippen LogP contribution >= 0.6 is 0 Å². The Labute approximate surface area is 100.0 Å². The number of ether oxygens (including phenoxy) is 1. The number of hydrogen-bond donors (Lipinski definition) is 1. The molecule has 0 spiro atoms. The molecule has 0 bridgehead atoms. The summed E-state index contributed by atoms with van der Waals surface area (Å²) in [7, 11) is 1.32. The van der Waals surface area contributed by atoms with Crippen molar-refractivity contribution in [2.45, 2.75) is 25.5 Å². The first-order valence-corrected chi connectivity index (χ1v) is 5.76. The maximum Gasteiger partial charge on any atom is 0.373 e. The summed E-state index contributed by atoms with van der Waals surface area (Å²) < 4.78 is 9.95. The fourth-order valence-electron chi connectivity index (χ4n) is 2.07. The van der Waals surface area contributed by atoms with Gasteiger partial charge in [0, 0.05) is 6.54 Å². The zero-order valence-corrected chi connectivity index (χ0v) is 9.89. The van der Waals surface area contributed by atoms with Crippen molar-refractivity contribution in [3.05, 3.63) is 23.7 Å². The van der Waals surface area contributed by atoms with Crippen LogP contribution in [0.15, 0.2) is 16.5 Å². The minimum atomic E-state index is -0.463. The van der Waals surface area contributed by atoms with Gasteiger partial charge in [0.05, 0.1) is 19.8 Å². The molecule has 1 aromatic rings. The molecule has 94 valence electrons. The van der Waals surface area contributed by atoms with Crippen molar-refractivity contribution in [3.63, 3.8) is 0 Å². The Hall–Kier alpha value is -1.33. The van der Waals surface area contributed by atoms with E-state index in [9.17, 15) is 9.90 Å². The fraction of sp³-hybridized carbons (Fsp3) is 0.583. The van der Waals surface area contributed by atoms with E-state index in [0.717, 1.165) is 25.1 Å². The Morgan fingerprint density at radius 1 is 1.65 bits per heavy atom. The van der Waals surface area contributed by atoms with E-state index in [4.69, 9.17) is 4.42 Å². The summed E-state index contributed by atoms with van der Waals surface area (Å²) in [6.45, 7) is 2.23. The monoisotopic (exact) mass is 239 g/mol. The smallest absolute Gasteiger partial charge is 0.373 e. The van der Waals surface area contributed by atoms with Crippen LogP contribution in [0.2, 0.25) is 0 Å². The molecular weight excluding hydrogens is 222 g/mol. The Morgan fingerprint density at radius 2 is 2.47 bits per heavy atom. The number of hydrogen-bond acceptors (Lipinski definition) is 5. The van der Waals surface area contributed by atoms with E-state index < -0.39 is 5.97 Å². The number of furan rings is 1. The molecular formula is C12H17NO4. The van der Waals surface area contributed by atoms with Crippen LogP contribution in [0.3, 0.4) is 0 Å². The Balaban J connectivity index is 1.94. The number of aliphatic hydroxyl groups is 1. The number of carbonyl (C=O) groups is 1. The summed E-state index contributed by atoms with van der Waals surface area (Å²) >= 11 is 0. The first-order valence-electron chi connectivity index (χ1n) is 5.76. The molecule has 1 aliphatic heterocycles. The van der Waals surface area contributed by atoms with Crippen LogP contribution in [0.5, 0.6) is 0 Å². The van der Waals surface area contributed by atoms with Crippen LogP contribution in [0.25, 0.3) is 0 Å². The number of esters is 1. The van der Waals surface area contributed by atoms with Gasteiger partial charge >= 0.3 is 5.97 Å². The number of methoxy groups -OCH3 is 1. The van der Waals surface area contributed by atoms with Gasteiger partial charge in [-0.25, -0.2) is 4.79 Å². The molecule has 2 heterocycles. The van der Waals surface area contributed by atoms with Gasteiger partial charge in [0.15, 0.2) is 0 Å². The van der Waals surface area contributed by atoms with Crippen LogP contribution in [-0.4, -0.2) is 42.3 Å². The minimum Gasteiger partial charge on any atom is -0.463 e. The molecule has 0 aromatic carbocycles. The summed E-state index contributed by atoms with van der Waals surface area (Å²) in [4.78, 5) is 13.3. The van der Waals surface area contributed by atoms with Gasteiger partial charge in [0.2, 0.25) is 5.76 Å². The summed E-state index contributed by atoms with van der Waals surface area (Å²) in [5.41, 5.74) is 0. The molecule has 0 aliphatic carbocycles. The summed E-state index contributed by atoms with van der Waals surface area (Å²) in [5, 5.41) is 9.54. The molecule has 17 heavy (non-hydrogen) atoms. The largest absolute Gasteiger partial charge is 0.463 e. The van der Waals surface area contributed by atoms with Crippen molar-refractivity contribution >= 4 is 5.97 Å². The highest BCUT2D eigenvalue weighted by atomic mass is 16.5. The number of β-amino-alcohol motifs (C(OH)–C–C–N with tert-alkyl or cyclic N) is 1. The fourth-order valence-corrected chi connectivity index (χ4v) is 2.07. The topological polar surface area (TPSA) is 62.9 Å². The normalized spacial score (nSPS) is 21.4. The van der Waals surface area contributed by atoms with E-state index in [1.807, 2.05) is 0 Å². The summed E-state index contributed by atoms with van der Waals surface area (Å²) in [6.07, 6.45) is 1.60. The number of likely N-dealkylation sites (tertiary alicyclic amines) is 1. The molecule has 0 unspecified atom stereocenters. The average molecular weight is 239 g/mol. The SMILES string of the molecule is COC(=O)c1ccc(CN2CCC[C@H](O)C2)o1. The van der Waals surface area contributed by atoms with E-state index in [1.165, 1.54) is 7.11 Å². The van der Waals surface area contributed by atoms with E-state index in [0.29, 0.717) is 13.1 Å². The van der Waals surface area contributed by atoms with Crippen LogP contribution < -0.4 is 0 Å². The van der Waals surface area contributed by atoms with Crippen molar-refractivity contribution in [1.82, 2.24) is 4.90 Å². The van der Waals surface area contributed by atoms with Crippen LogP contribution in [0.4, 0.5) is 0 Å². The number of aliphatic hydroxyl groups excluding tert-OH is 1. The molecule has 0 amide bonds. The van der Waals surface area contributed by atoms with Crippen molar-refractivity contribution in [2.24, 2.45) is 0 Å². The number of rotatable bonds is 3. The zero-order chi connectivity index (χ0) is 12.3. The number of carbonyl (C=O) groups excluding carboxylic acids is 1. The van der Waals surface area contributed by atoms with Crippen LogP contribution in [0.1, 0.15) is 29.2 Å². The summed E-state index contributed by atoms with van der Waals surface area (Å²) in [6, 6.07) is 3.38. The molecule has 0 saturated carbocycles. The Bertz CT molecular complexity index is 388. The van der Waals surface area contributed by atoms with Gasteiger partial charge in [0.25, 0.3) is 0 Å². The molecule has 1 N–H and O–H groups in total. The molecule has 1 saturated heterocycles. The lowest BCUT2D eigenvalue weighted by Crippen LogP contribution is -2.37. The first-order chi connectivity index (χ1) is 8.19. The van der Waals surface area contributed by atoms with E-state index in [1.54, 1.807) is 12.1 Å². The van der Waals surface area contributed by atoms with Crippen molar-refractivity contribution in [3.8, 4) is 0 Å². The summed E-state index contributed by atoms with van der Waals surface area (Å²) in [5.74, 6) is 0.481. The highest BCUT2D eigenvalue weighted by Crippen LogP contribution is 2.16.